The second-order valence-electron chi connectivity index (χ2n) is 6.12. The molecule has 1 unspecified atom stereocenters. The highest BCUT2D eigenvalue weighted by Crippen LogP contribution is 2.33. The van der Waals surface area contributed by atoms with Crippen LogP contribution in [0, 0.1) is 0 Å². The van der Waals surface area contributed by atoms with Crippen molar-refractivity contribution in [1.29, 1.82) is 0 Å². The lowest BCUT2D eigenvalue weighted by atomic mass is 10.1. The molecule has 3 aromatic heterocycles. The molecular formula is C17H20N6S2. The van der Waals surface area contributed by atoms with Crippen molar-refractivity contribution in [2.24, 2.45) is 5.10 Å². The Morgan fingerprint density at radius 3 is 3.16 bits per heavy atom. The van der Waals surface area contributed by atoms with E-state index in [1.807, 2.05) is 0 Å². The summed E-state index contributed by atoms with van der Waals surface area (Å²) in [7, 11) is 0. The number of fused-ring (bicyclic) bond motifs is 2. The summed E-state index contributed by atoms with van der Waals surface area (Å²) in [5, 5.41) is 9.67. The van der Waals surface area contributed by atoms with Crippen molar-refractivity contribution < 1.29 is 0 Å². The SMILES string of the molecule is CCC(C)c1cc2c(NN=Cc3nc4c(s3)CNCC4)ncnc2s1. The van der Waals surface area contributed by atoms with Gasteiger partial charge in [-0.15, -0.1) is 22.7 Å². The summed E-state index contributed by atoms with van der Waals surface area (Å²) in [6.45, 7) is 6.35. The number of hydrogen-bond acceptors (Lipinski definition) is 8. The highest BCUT2D eigenvalue weighted by Gasteiger charge is 2.14. The predicted octanol–water partition coefficient (Wildman–Crippen LogP) is 3.75. The van der Waals surface area contributed by atoms with Crippen LogP contribution in [0.4, 0.5) is 5.82 Å². The Kier molecular flexibility index (Phi) is 4.74. The summed E-state index contributed by atoms with van der Waals surface area (Å²) in [6, 6.07) is 2.18. The zero-order valence-electron chi connectivity index (χ0n) is 14.2. The van der Waals surface area contributed by atoms with Gasteiger partial charge in [-0.1, -0.05) is 13.8 Å². The maximum atomic E-state index is 4.64. The van der Waals surface area contributed by atoms with Crippen molar-refractivity contribution in [3.05, 3.63) is 32.8 Å². The van der Waals surface area contributed by atoms with Crippen LogP contribution in [0.15, 0.2) is 17.5 Å². The molecule has 2 N–H and O–H groups in total. The van der Waals surface area contributed by atoms with E-state index in [-0.39, 0.29) is 0 Å². The van der Waals surface area contributed by atoms with Gasteiger partial charge in [0.25, 0.3) is 0 Å². The fourth-order valence-electron chi connectivity index (χ4n) is 2.76. The van der Waals surface area contributed by atoms with E-state index >= 15 is 0 Å². The van der Waals surface area contributed by atoms with E-state index in [1.165, 1.54) is 15.4 Å². The van der Waals surface area contributed by atoms with Gasteiger partial charge in [-0.25, -0.2) is 15.0 Å². The molecule has 1 aliphatic rings. The number of anilines is 1. The van der Waals surface area contributed by atoms with Crippen molar-refractivity contribution in [3.8, 4) is 0 Å². The lowest BCUT2D eigenvalue weighted by Crippen LogP contribution is -2.22. The third-order valence-electron chi connectivity index (χ3n) is 4.41. The molecule has 3 aromatic rings. The molecule has 0 fully saturated rings. The van der Waals surface area contributed by atoms with Gasteiger partial charge in [0, 0.05) is 29.3 Å². The quantitative estimate of drug-likeness (QED) is 0.527. The molecule has 0 spiro atoms. The van der Waals surface area contributed by atoms with Crippen molar-refractivity contribution in [2.45, 2.75) is 39.2 Å². The molecule has 0 aliphatic carbocycles. The third-order valence-corrected chi connectivity index (χ3v) is 6.72. The highest BCUT2D eigenvalue weighted by molar-refractivity contribution is 7.18. The van der Waals surface area contributed by atoms with Crippen molar-refractivity contribution in [3.63, 3.8) is 0 Å². The van der Waals surface area contributed by atoms with Gasteiger partial charge in [0.05, 0.1) is 17.3 Å². The minimum absolute atomic E-state index is 0.533. The molecular weight excluding hydrogens is 352 g/mol. The Morgan fingerprint density at radius 1 is 1.40 bits per heavy atom. The number of hydrazone groups is 1. The van der Waals surface area contributed by atoms with Crippen LogP contribution in [0.3, 0.4) is 0 Å². The molecule has 4 heterocycles. The van der Waals surface area contributed by atoms with Gasteiger partial charge in [0.2, 0.25) is 0 Å². The molecule has 6 nitrogen and oxygen atoms in total. The van der Waals surface area contributed by atoms with Gasteiger partial charge in [0.1, 0.15) is 16.2 Å². The zero-order chi connectivity index (χ0) is 17.2. The standard InChI is InChI=1S/C17H20N6S2/c1-3-10(2)13-6-11-16(19-9-20-17(11)25-13)23-21-8-15-22-12-4-5-18-7-14(12)24-15/h6,8-10,18H,3-5,7H2,1-2H3,(H,19,20,23). The summed E-state index contributed by atoms with van der Waals surface area (Å²) >= 11 is 3.42. The maximum absolute atomic E-state index is 4.64. The zero-order valence-corrected chi connectivity index (χ0v) is 15.9. The predicted molar refractivity (Wildman–Crippen MR) is 105 cm³/mol. The molecule has 0 radical (unpaired) electrons. The largest absolute Gasteiger partial charge is 0.311 e. The second-order valence-corrected chi connectivity index (χ2v) is 8.30. The first-order valence-electron chi connectivity index (χ1n) is 8.47. The van der Waals surface area contributed by atoms with Crippen molar-refractivity contribution in [2.75, 3.05) is 12.0 Å². The smallest absolute Gasteiger partial charge is 0.158 e. The van der Waals surface area contributed by atoms with Crippen LogP contribution in [0.25, 0.3) is 10.2 Å². The number of aromatic nitrogens is 3. The Morgan fingerprint density at radius 2 is 2.32 bits per heavy atom. The number of hydrogen-bond donors (Lipinski definition) is 2. The summed E-state index contributed by atoms with van der Waals surface area (Å²) in [4.78, 5) is 17.0. The Bertz CT molecular complexity index is 890. The second kappa shape index (κ2) is 7.15. The first-order chi connectivity index (χ1) is 12.2. The molecule has 1 atom stereocenters. The van der Waals surface area contributed by atoms with Crippen LogP contribution in [0.5, 0.6) is 0 Å². The average Bonchev–Trinajstić information content (AvgIpc) is 3.25. The molecule has 0 amide bonds. The third kappa shape index (κ3) is 3.42. The minimum Gasteiger partial charge on any atom is -0.311 e. The molecule has 1 aliphatic heterocycles. The van der Waals surface area contributed by atoms with Crippen LogP contribution < -0.4 is 10.7 Å². The molecule has 8 heteroatoms. The molecule has 0 aromatic carbocycles. The molecule has 25 heavy (non-hydrogen) atoms. The fourth-order valence-corrected chi connectivity index (χ4v) is 4.84. The van der Waals surface area contributed by atoms with Crippen LogP contribution in [-0.2, 0) is 13.0 Å². The average molecular weight is 373 g/mol. The summed E-state index contributed by atoms with van der Waals surface area (Å²) in [6.07, 6.45) is 5.47. The molecule has 0 bridgehead atoms. The molecule has 130 valence electrons. The van der Waals surface area contributed by atoms with E-state index in [9.17, 15) is 0 Å². The number of rotatable bonds is 5. The molecule has 0 saturated heterocycles. The van der Waals surface area contributed by atoms with Gasteiger partial charge < -0.3 is 5.32 Å². The van der Waals surface area contributed by atoms with Gasteiger partial charge >= 0.3 is 0 Å². The fraction of sp³-hybridized carbons (Fsp3) is 0.412. The summed E-state index contributed by atoms with van der Waals surface area (Å²) < 4.78 is 0. The van der Waals surface area contributed by atoms with Crippen LogP contribution in [0.2, 0.25) is 0 Å². The van der Waals surface area contributed by atoms with Gasteiger partial charge in [0.15, 0.2) is 5.82 Å². The van der Waals surface area contributed by atoms with Gasteiger partial charge in [-0.05, 0) is 18.4 Å². The normalized spacial score (nSPS) is 15.6. The number of thiazole rings is 1. The van der Waals surface area contributed by atoms with Crippen LogP contribution >= 0.6 is 22.7 Å². The van der Waals surface area contributed by atoms with Crippen molar-refractivity contribution >= 4 is 44.9 Å². The lowest BCUT2D eigenvalue weighted by molar-refractivity contribution is 0.643. The minimum atomic E-state index is 0.533. The molecule has 4 rings (SSSR count). The topological polar surface area (TPSA) is 75.1 Å². The van der Waals surface area contributed by atoms with Crippen LogP contribution in [-0.4, -0.2) is 27.7 Å². The summed E-state index contributed by atoms with van der Waals surface area (Å²) in [5.41, 5.74) is 4.26. The lowest BCUT2D eigenvalue weighted by Gasteiger charge is -2.09. The number of nitrogens with zero attached hydrogens (tertiary/aromatic N) is 4. The van der Waals surface area contributed by atoms with E-state index in [0.717, 1.165) is 47.0 Å². The monoisotopic (exact) mass is 372 g/mol. The Labute approximate surface area is 154 Å². The van der Waals surface area contributed by atoms with E-state index < -0.39 is 0 Å². The molecule has 0 saturated carbocycles. The van der Waals surface area contributed by atoms with Crippen molar-refractivity contribution in [1.82, 2.24) is 20.3 Å². The Balaban J connectivity index is 1.54. The Hall–Kier alpha value is -1.90. The van der Waals surface area contributed by atoms with E-state index in [2.05, 4.69) is 50.7 Å². The van der Waals surface area contributed by atoms with Crippen LogP contribution in [0.1, 0.15) is 46.6 Å². The van der Waals surface area contributed by atoms with E-state index in [1.54, 1.807) is 35.2 Å². The highest BCUT2D eigenvalue weighted by atomic mass is 32.1. The van der Waals surface area contributed by atoms with Gasteiger partial charge in [-0.2, -0.15) is 5.10 Å². The number of nitrogens with one attached hydrogen (secondary N) is 2. The first-order valence-corrected chi connectivity index (χ1v) is 10.1. The summed E-state index contributed by atoms with van der Waals surface area (Å²) in [5.74, 6) is 1.28. The van der Waals surface area contributed by atoms with E-state index in [4.69, 9.17) is 0 Å². The van der Waals surface area contributed by atoms with Gasteiger partial charge in [-0.3, -0.25) is 5.43 Å². The van der Waals surface area contributed by atoms with E-state index in [0.29, 0.717) is 5.92 Å². The maximum Gasteiger partial charge on any atom is 0.158 e. The first kappa shape index (κ1) is 16.6. The number of thiophene rings is 1.